The van der Waals surface area contributed by atoms with E-state index in [4.69, 9.17) is 4.74 Å². The van der Waals surface area contributed by atoms with E-state index in [0.717, 1.165) is 18.8 Å². The maximum atomic E-state index is 13.0. The van der Waals surface area contributed by atoms with Crippen molar-refractivity contribution in [2.24, 2.45) is 11.8 Å². The molecule has 0 bridgehead atoms. The number of hydrogen-bond donors (Lipinski definition) is 1. The summed E-state index contributed by atoms with van der Waals surface area (Å²) in [6.45, 7) is 2.16. The minimum absolute atomic E-state index is 0.202. The number of ether oxygens (including phenoxy) is 1. The molecular formula is C16H22FNO. The lowest BCUT2D eigenvalue weighted by Crippen LogP contribution is -2.35. The predicted molar refractivity (Wildman–Crippen MR) is 73.8 cm³/mol. The third-order valence-corrected chi connectivity index (χ3v) is 4.51. The lowest BCUT2D eigenvalue weighted by Gasteiger charge is -2.29. The lowest BCUT2D eigenvalue weighted by atomic mass is 9.89. The highest BCUT2D eigenvalue weighted by Crippen LogP contribution is 2.35. The molecule has 1 aromatic rings. The molecule has 1 aliphatic carbocycles. The highest BCUT2D eigenvalue weighted by molar-refractivity contribution is 5.22. The third-order valence-electron chi connectivity index (χ3n) is 4.51. The summed E-state index contributed by atoms with van der Waals surface area (Å²) in [5.41, 5.74) is 0. The van der Waals surface area contributed by atoms with Crippen LogP contribution in [-0.4, -0.2) is 19.2 Å². The van der Waals surface area contributed by atoms with Crippen LogP contribution >= 0.6 is 0 Å². The summed E-state index contributed by atoms with van der Waals surface area (Å²) in [4.78, 5) is 0. The molecule has 0 spiro atoms. The topological polar surface area (TPSA) is 21.3 Å². The van der Waals surface area contributed by atoms with Gasteiger partial charge in [-0.1, -0.05) is 12.8 Å². The van der Waals surface area contributed by atoms with Crippen LogP contribution in [0.5, 0.6) is 5.75 Å². The second-order valence-electron chi connectivity index (χ2n) is 5.83. The molecule has 3 rings (SSSR count). The highest BCUT2D eigenvalue weighted by atomic mass is 19.1. The van der Waals surface area contributed by atoms with Gasteiger partial charge < -0.3 is 10.1 Å². The molecule has 104 valence electrons. The quantitative estimate of drug-likeness (QED) is 0.899. The van der Waals surface area contributed by atoms with E-state index in [1.54, 1.807) is 12.1 Å². The van der Waals surface area contributed by atoms with E-state index in [2.05, 4.69) is 5.32 Å². The first-order chi connectivity index (χ1) is 9.33. The van der Waals surface area contributed by atoms with Crippen molar-refractivity contribution in [2.75, 3.05) is 13.1 Å². The molecule has 1 saturated heterocycles. The highest BCUT2D eigenvalue weighted by Gasteiger charge is 2.34. The summed E-state index contributed by atoms with van der Waals surface area (Å²) in [6, 6.07) is 6.46. The van der Waals surface area contributed by atoms with Crippen LogP contribution in [-0.2, 0) is 0 Å². The average molecular weight is 263 g/mol. The first-order valence-corrected chi connectivity index (χ1v) is 7.46. The maximum absolute atomic E-state index is 13.0. The van der Waals surface area contributed by atoms with E-state index < -0.39 is 0 Å². The molecule has 2 aliphatic rings. The normalized spacial score (nSPS) is 25.6. The van der Waals surface area contributed by atoms with Crippen molar-refractivity contribution in [1.82, 2.24) is 5.32 Å². The molecular weight excluding hydrogens is 241 g/mol. The van der Waals surface area contributed by atoms with Gasteiger partial charge >= 0.3 is 0 Å². The zero-order valence-electron chi connectivity index (χ0n) is 11.3. The number of benzene rings is 1. The van der Waals surface area contributed by atoms with Crippen molar-refractivity contribution < 1.29 is 9.13 Å². The van der Waals surface area contributed by atoms with E-state index in [1.807, 2.05) is 0 Å². The van der Waals surface area contributed by atoms with Crippen LogP contribution in [0.2, 0.25) is 0 Å². The fraction of sp³-hybridized carbons (Fsp3) is 0.625. The van der Waals surface area contributed by atoms with Gasteiger partial charge in [0, 0.05) is 12.5 Å². The molecule has 0 amide bonds. The standard InChI is InChI=1S/C16H22FNO/c17-14-5-7-15(8-6-14)19-16(12-3-1-2-4-12)13-9-10-18-11-13/h5-8,12-13,16,18H,1-4,9-11H2. The minimum atomic E-state index is -0.202. The molecule has 2 nitrogen and oxygen atoms in total. The Labute approximate surface area is 114 Å². The summed E-state index contributed by atoms with van der Waals surface area (Å²) in [7, 11) is 0. The average Bonchev–Trinajstić information content (AvgIpc) is 3.11. The van der Waals surface area contributed by atoms with Gasteiger partial charge in [-0.2, -0.15) is 0 Å². The largest absolute Gasteiger partial charge is 0.490 e. The van der Waals surface area contributed by atoms with Gasteiger partial charge in [0.1, 0.15) is 17.7 Å². The molecule has 2 unspecified atom stereocenters. The Morgan fingerprint density at radius 2 is 1.79 bits per heavy atom. The second-order valence-corrected chi connectivity index (χ2v) is 5.83. The molecule has 1 saturated carbocycles. The van der Waals surface area contributed by atoms with E-state index >= 15 is 0 Å². The summed E-state index contributed by atoms with van der Waals surface area (Å²) in [6.07, 6.45) is 6.71. The van der Waals surface area contributed by atoms with E-state index in [-0.39, 0.29) is 5.82 Å². The molecule has 1 aliphatic heterocycles. The van der Waals surface area contributed by atoms with Crippen molar-refractivity contribution in [3.63, 3.8) is 0 Å². The Morgan fingerprint density at radius 3 is 2.42 bits per heavy atom. The summed E-state index contributed by atoms with van der Waals surface area (Å²) < 4.78 is 19.2. The van der Waals surface area contributed by atoms with Crippen LogP contribution in [0.3, 0.4) is 0 Å². The molecule has 19 heavy (non-hydrogen) atoms. The Balaban J connectivity index is 1.72. The monoisotopic (exact) mass is 263 g/mol. The van der Waals surface area contributed by atoms with E-state index in [9.17, 15) is 4.39 Å². The fourth-order valence-electron chi connectivity index (χ4n) is 3.49. The SMILES string of the molecule is Fc1ccc(OC(C2CCCC2)C2CCNC2)cc1. The fourth-order valence-corrected chi connectivity index (χ4v) is 3.49. The Morgan fingerprint density at radius 1 is 1.05 bits per heavy atom. The Bertz CT molecular complexity index is 378. The molecule has 1 heterocycles. The zero-order chi connectivity index (χ0) is 13.1. The number of nitrogens with one attached hydrogen (secondary N) is 1. The Hall–Kier alpha value is -1.09. The first kappa shape index (κ1) is 12.9. The van der Waals surface area contributed by atoms with Crippen LogP contribution in [0, 0.1) is 17.7 Å². The van der Waals surface area contributed by atoms with Crippen LogP contribution in [0.1, 0.15) is 32.1 Å². The van der Waals surface area contributed by atoms with Gasteiger partial charge in [0.15, 0.2) is 0 Å². The summed E-state index contributed by atoms with van der Waals surface area (Å²) in [5, 5.41) is 3.43. The van der Waals surface area contributed by atoms with Gasteiger partial charge in [-0.05, 0) is 56.0 Å². The smallest absolute Gasteiger partial charge is 0.123 e. The van der Waals surface area contributed by atoms with E-state index in [0.29, 0.717) is 17.9 Å². The van der Waals surface area contributed by atoms with Gasteiger partial charge in [-0.15, -0.1) is 0 Å². The van der Waals surface area contributed by atoms with Crippen molar-refractivity contribution >= 4 is 0 Å². The lowest BCUT2D eigenvalue weighted by molar-refractivity contribution is 0.0842. The van der Waals surface area contributed by atoms with Crippen molar-refractivity contribution in [3.05, 3.63) is 30.1 Å². The predicted octanol–water partition coefficient (Wildman–Crippen LogP) is 3.37. The molecule has 0 aromatic heterocycles. The van der Waals surface area contributed by atoms with Crippen LogP contribution in [0.15, 0.2) is 24.3 Å². The molecule has 3 heteroatoms. The van der Waals surface area contributed by atoms with Gasteiger partial charge in [-0.25, -0.2) is 4.39 Å². The van der Waals surface area contributed by atoms with Crippen molar-refractivity contribution in [2.45, 2.75) is 38.2 Å². The van der Waals surface area contributed by atoms with Gasteiger partial charge in [0.25, 0.3) is 0 Å². The van der Waals surface area contributed by atoms with Gasteiger partial charge in [0.2, 0.25) is 0 Å². The van der Waals surface area contributed by atoms with Gasteiger partial charge in [0.05, 0.1) is 0 Å². The number of halogens is 1. The molecule has 2 atom stereocenters. The maximum Gasteiger partial charge on any atom is 0.123 e. The summed E-state index contributed by atoms with van der Waals surface area (Å²) >= 11 is 0. The molecule has 0 radical (unpaired) electrons. The van der Waals surface area contributed by atoms with Crippen LogP contribution in [0.25, 0.3) is 0 Å². The Kier molecular flexibility index (Phi) is 4.02. The van der Waals surface area contributed by atoms with Crippen LogP contribution < -0.4 is 10.1 Å². The van der Waals surface area contributed by atoms with Crippen molar-refractivity contribution in [3.8, 4) is 5.75 Å². The van der Waals surface area contributed by atoms with Crippen molar-refractivity contribution in [1.29, 1.82) is 0 Å². The molecule has 1 aromatic carbocycles. The van der Waals surface area contributed by atoms with Gasteiger partial charge in [-0.3, -0.25) is 0 Å². The summed E-state index contributed by atoms with van der Waals surface area (Å²) in [5.74, 6) is 1.89. The second kappa shape index (κ2) is 5.91. The first-order valence-electron chi connectivity index (χ1n) is 7.46. The number of hydrogen-bond acceptors (Lipinski definition) is 2. The molecule has 1 N–H and O–H groups in total. The zero-order valence-corrected chi connectivity index (χ0v) is 11.3. The molecule has 2 fully saturated rings. The number of rotatable bonds is 4. The van der Waals surface area contributed by atoms with Crippen LogP contribution in [0.4, 0.5) is 4.39 Å². The minimum Gasteiger partial charge on any atom is -0.490 e. The third kappa shape index (κ3) is 3.08. The van der Waals surface area contributed by atoms with E-state index in [1.165, 1.54) is 44.2 Å².